The van der Waals surface area contributed by atoms with Crippen LogP contribution in [0, 0.1) is 19.7 Å². The molecule has 0 amide bonds. The minimum Gasteiger partial charge on any atom is -0.492 e. The zero-order valence-corrected chi connectivity index (χ0v) is 21.4. The van der Waals surface area contributed by atoms with Crippen molar-refractivity contribution in [2.75, 3.05) is 6.61 Å². The van der Waals surface area contributed by atoms with Gasteiger partial charge in [0.15, 0.2) is 0 Å². The Morgan fingerprint density at radius 2 is 1.97 bits per heavy atom. The molecule has 38 heavy (non-hydrogen) atoms. The summed E-state index contributed by atoms with van der Waals surface area (Å²) in [5.41, 5.74) is 7.50. The Hall–Kier alpha value is -4.27. The number of fused-ring (bicyclic) bond motifs is 2. The summed E-state index contributed by atoms with van der Waals surface area (Å²) in [6.45, 7) is 4.42. The Morgan fingerprint density at radius 1 is 1.18 bits per heavy atom. The van der Waals surface area contributed by atoms with Crippen LogP contribution < -0.4 is 9.47 Å². The predicted molar refractivity (Wildman–Crippen MR) is 138 cm³/mol. The van der Waals surface area contributed by atoms with Crippen molar-refractivity contribution >= 4 is 5.97 Å². The van der Waals surface area contributed by atoms with Crippen LogP contribution in [0.4, 0.5) is 4.39 Å². The van der Waals surface area contributed by atoms with Crippen molar-refractivity contribution in [1.29, 1.82) is 0 Å². The largest absolute Gasteiger partial charge is 0.492 e. The summed E-state index contributed by atoms with van der Waals surface area (Å²) in [4.78, 5) is 12.6. The quantitative estimate of drug-likeness (QED) is 0.372. The maximum absolute atomic E-state index is 15.2. The Bertz CT molecular complexity index is 1560. The molecule has 0 bridgehead atoms. The van der Waals surface area contributed by atoms with Crippen molar-refractivity contribution in [3.63, 3.8) is 0 Å². The van der Waals surface area contributed by atoms with E-state index in [1.165, 1.54) is 10.9 Å². The summed E-state index contributed by atoms with van der Waals surface area (Å²) in [7, 11) is 1.73. The van der Waals surface area contributed by atoms with Crippen LogP contribution in [0.3, 0.4) is 0 Å². The topological polar surface area (TPSA) is 99.4 Å². The summed E-state index contributed by atoms with van der Waals surface area (Å²) in [5, 5.41) is 21.5. The smallest absolute Gasteiger partial charge is 0.304 e. The number of tetrazole rings is 1. The molecule has 2 atom stereocenters. The average Bonchev–Trinajstić information content (AvgIpc) is 3.59. The fourth-order valence-corrected chi connectivity index (χ4v) is 5.82. The van der Waals surface area contributed by atoms with E-state index in [-0.39, 0.29) is 18.2 Å². The molecule has 8 nitrogen and oxygen atoms in total. The number of carboxylic acids is 1. The molecule has 0 fully saturated rings. The minimum absolute atomic E-state index is 0.0201. The van der Waals surface area contributed by atoms with Crippen LogP contribution in [-0.4, -0.2) is 37.9 Å². The highest BCUT2D eigenvalue weighted by Gasteiger charge is 2.32. The number of hydrogen-bond acceptors (Lipinski definition) is 6. The van der Waals surface area contributed by atoms with Crippen LogP contribution in [0.1, 0.15) is 52.7 Å². The molecular weight excluding hydrogens is 487 g/mol. The molecule has 1 aliphatic heterocycles. The Labute approximate surface area is 219 Å². The summed E-state index contributed by atoms with van der Waals surface area (Å²) < 4.78 is 27.3. The maximum Gasteiger partial charge on any atom is 0.304 e. The zero-order valence-electron chi connectivity index (χ0n) is 21.4. The van der Waals surface area contributed by atoms with Gasteiger partial charge in [0.25, 0.3) is 0 Å². The summed E-state index contributed by atoms with van der Waals surface area (Å²) in [5.74, 6) is 0.467. The molecule has 0 saturated carbocycles. The van der Waals surface area contributed by atoms with Crippen molar-refractivity contribution in [2.45, 2.75) is 45.1 Å². The second kappa shape index (κ2) is 9.24. The summed E-state index contributed by atoms with van der Waals surface area (Å²) in [6, 6.07) is 12.9. The Kier molecular flexibility index (Phi) is 5.86. The van der Waals surface area contributed by atoms with Gasteiger partial charge < -0.3 is 14.6 Å². The molecule has 1 aliphatic carbocycles. The third kappa shape index (κ3) is 4.17. The number of carboxylic acid groups (broad SMARTS) is 1. The van der Waals surface area contributed by atoms with E-state index >= 15 is 4.39 Å². The molecule has 2 aliphatic rings. The number of halogens is 1. The fourth-order valence-electron chi connectivity index (χ4n) is 5.82. The van der Waals surface area contributed by atoms with Gasteiger partial charge in [-0.1, -0.05) is 12.1 Å². The third-order valence-electron chi connectivity index (χ3n) is 7.42. The molecule has 0 radical (unpaired) electrons. The van der Waals surface area contributed by atoms with Gasteiger partial charge in [-0.25, -0.2) is 4.39 Å². The summed E-state index contributed by atoms with van der Waals surface area (Å²) >= 11 is 0. The highest BCUT2D eigenvalue weighted by Crippen LogP contribution is 2.45. The van der Waals surface area contributed by atoms with Crippen LogP contribution in [0.2, 0.25) is 0 Å². The van der Waals surface area contributed by atoms with Gasteiger partial charge in [-0.15, -0.1) is 10.2 Å². The second-order valence-electron chi connectivity index (χ2n) is 10.0. The molecule has 6 rings (SSSR count). The van der Waals surface area contributed by atoms with E-state index in [1.54, 1.807) is 13.1 Å². The number of aliphatic carboxylic acids is 1. The molecule has 1 aromatic heterocycles. The zero-order chi connectivity index (χ0) is 26.6. The van der Waals surface area contributed by atoms with Crippen LogP contribution in [-0.2, 0) is 18.3 Å². The number of aryl methyl sites for hydroxylation is 3. The van der Waals surface area contributed by atoms with Gasteiger partial charge in [0, 0.05) is 28.7 Å². The van der Waals surface area contributed by atoms with Crippen molar-refractivity contribution in [1.82, 2.24) is 20.2 Å². The maximum atomic E-state index is 15.2. The van der Waals surface area contributed by atoms with Gasteiger partial charge in [0.1, 0.15) is 23.4 Å². The lowest BCUT2D eigenvalue weighted by molar-refractivity contribution is -0.137. The van der Waals surface area contributed by atoms with Gasteiger partial charge in [-0.05, 0) is 84.0 Å². The van der Waals surface area contributed by atoms with Gasteiger partial charge >= 0.3 is 5.97 Å². The number of carbonyl (C=O) groups is 1. The number of rotatable bonds is 6. The van der Waals surface area contributed by atoms with Crippen molar-refractivity contribution < 1.29 is 23.8 Å². The molecule has 1 N–H and O–H groups in total. The number of ether oxygens (including phenoxy) is 2. The van der Waals surface area contributed by atoms with E-state index in [0.717, 1.165) is 38.9 Å². The van der Waals surface area contributed by atoms with E-state index < -0.39 is 12.1 Å². The summed E-state index contributed by atoms with van der Waals surface area (Å²) in [6.07, 6.45) is 0.944. The average molecular weight is 515 g/mol. The van der Waals surface area contributed by atoms with Gasteiger partial charge in [-0.2, -0.15) is 4.80 Å². The lowest BCUT2D eigenvalue weighted by Gasteiger charge is -2.19. The molecule has 0 spiro atoms. The van der Waals surface area contributed by atoms with E-state index in [2.05, 4.69) is 15.4 Å². The second-order valence-corrected chi connectivity index (χ2v) is 10.0. The molecule has 1 unspecified atom stereocenters. The van der Waals surface area contributed by atoms with Crippen LogP contribution in [0.25, 0.3) is 22.5 Å². The highest BCUT2D eigenvalue weighted by molar-refractivity contribution is 5.78. The number of benzene rings is 3. The molecule has 3 aromatic carbocycles. The van der Waals surface area contributed by atoms with Crippen LogP contribution >= 0.6 is 0 Å². The van der Waals surface area contributed by atoms with Crippen molar-refractivity contribution in [3.05, 3.63) is 76.1 Å². The lowest BCUT2D eigenvalue weighted by atomic mass is 9.89. The Morgan fingerprint density at radius 3 is 2.68 bits per heavy atom. The standard InChI is InChI=1S/C29H27FN4O4/c1-15-10-17(29-31-33-34(3)32-29)11-16(2)27(15)21-6-8-23(30)28-22(21)7-9-24(28)38-19-4-5-20-18(12-26(35)36)14-37-25(20)13-19/h4-6,8,10-11,13,18,24H,7,9,12,14H2,1-3H3,(H,35,36)/t18-,24?/m1/s1. The molecular formula is C29H27FN4O4. The molecule has 0 saturated heterocycles. The minimum atomic E-state index is -0.855. The predicted octanol–water partition coefficient (Wildman–Crippen LogP) is 5.32. The first-order valence-electron chi connectivity index (χ1n) is 12.6. The lowest BCUT2D eigenvalue weighted by Crippen LogP contribution is -2.07. The number of hydrogen-bond donors (Lipinski definition) is 1. The fraction of sp³-hybridized carbons (Fsp3) is 0.310. The third-order valence-corrected chi connectivity index (χ3v) is 7.42. The normalized spacial score (nSPS) is 17.7. The SMILES string of the molecule is Cc1cc(-c2nnn(C)n2)cc(C)c1-c1ccc(F)c2c1CCC2Oc1ccc2c(c1)OC[C@H]2CC(=O)O. The van der Waals surface area contributed by atoms with Gasteiger partial charge in [-0.3, -0.25) is 4.79 Å². The molecule has 194 valence electrons. The first-order chi connectivity index (χ1) is 18.3. The van der Waals surface area contributed by atoms with Crippen molar-refractivity contribution in [2.24, 2.45) is 7.05 Å². The van der Waals surface area contributed by atoms with E-state index in [9.17, 15) is 4.79 Å². The Balaban J connectivity index is 1.31. The molecule has 4 aromatic rings. The molecule has 9 heteroatoms. The number of nitrogens with zero attached hydrogens (tertiary/aromatic N) is 4. The van der Waals surface area contributed by atoms with Crippen molar-refractivity contribution in [3.8, 4) is 34.0 Å². The van der Waals surface area contributed by atoms with Gasteiger partial charge in [0.2, 0.25) is 5.82 Å². The highest BCUT2D eigenvalue weighted by atomic mass is 19.1. The molecule has 2 heterocycles. The van der Waals surface area contributed by atoms with E-state index in [4.69, 9.17) is 14.6 Å². The van der Waals surface area contributed by atoms with E-state index in [0.29, 0.717) is 42.3 Å². The monoisotopic (exact) mass is 514 g/mol. The first kappa shape index (κ1) is 24.1. The van der Waals surface area contributed by atoms with E-state index in [1.807, 2.05) is 44.2 Å². The first-order valence-corrected chi connectivity index (χ1v) is 12.6. The van der Waals surface area contributed by atoms with Gasteiger partial charge in [0.05, 0.1) is 20.1 Å². The van der Waals surface area contributed by atoms with Crippen LogP contribution in [0.5, 0.6) is 11.5 Å². The number of aromatic nitrogens is 4. The van der Waals surface area contributed by atoms with Crippen LogP contribution in [0.15, 0.2) is 42.5 Å².